The molecule has 3 heterocycles. The predicted octanol–water partition coefficient (Wildman–Crippen LogP) is -1.08. The number of halogens is 1. The number of anilines is 3. The lowest BCUT2D eigenvalue weighted by atomic mass is 10.2. The summed E-state index contributed by atoms with van der Waals surface area (Å²) in [6.07, 6.45) is 0.0138. The number of rotatable bonds is 2. The van der Waals surface area contributed by atoms with E-state index >= 15 is 0 Å². The lowest BCUT2D eigenvalue weighted by molar-refractivity contribution is -0.0242. The Labute approximate surface area is 122 Å². The summed E-state index contributed by atoms with van der Waals surface area (Å²) in [5, 5.41) is 20.5. The molecule has 1 aromatic heterocycles. The van der Waals surface area contributed by atoms with Crippen LogP contribution in [-0.2, 0) is 4.74 Å². The molecule has 0 aliphatic carbocycles. The fourth-order valence-electron chi connectivity index (χ4n) is 2.18. The van der Waals surface area contributed by atoms with Crippen molar-refractivity contribution in [1.29, 1.82) is 0 Å². The van der Waals surface area contributed by atoms with Gasteiger partial charge in [-0.05, 0) is 0 Å². The van der Waals surface area contributed by atoms with Crippen molar-refractivity contribution >= 4 is 40.2 Å². The van der Waals surface area contributed by atoms with Crippen LogP contribution in [0.3, 0.4) is 0 Å². The van der Waals surface area contributed by atoms with Gasteiger partial charge in [-0.15, -0.1) is 5.53 Å². The Balaban J connectivity index is 1.88. The van der Waals surface area contributed by atoms with E-state index in [4.69, 9.17) is 15.6 Å². The molecule has 0 spiro atoms. The van der Waals surface area contributed by atoms with Gasteiger partial charge in [0.1, 0.15) is 12.4 Å². The van der Waals surface area contributed by atoms with Crippen molar-refractivity contribution in [3.8, 4) is 0 Å². The lowest BCUT2D eigenvalue weighted by Crippen LogP contribution is -2.46. The number of hydrogen-bond donors (Lipinski definition) is 4. The van der Waals surface area contributed by atoms with Crippen LogP contribution in [0.4, 0.5) is 17.3 Å². The minimum atomic E-state index is -0.706. The van der Waals surface area contributed by atoms with E-state index in [1.54, 1.807) is 8.23 Å². The van der Waals surface area contributed by atoms with Crippen LogP contribution in [0, 0.1) is 0 Å². The molecule has 0 aromatic carbocycles. The molecule has 10 heteroatoms. The van der Waals surface area contributed by atoms with Crippen LogP contribution >= 0.6 is 22.9 Å². The van der Waals surface area contributed by atoms with Gasteiger partial charge < -0.3 is 20.7 Å². The van der Waals surface area contributed by atoms with Gasteiger partial charge in [0.25, 0.3) is 0 Å². The average molecular weight is 380 g/mol. The summed E-state index contributed by atoms with van der Waals surface area (Å²) in [5.74, 6) is 0.935. The van der Waals surface area contributed by atoms with Crippen molar-refractivity contribution in [2.75, 3.05) is 20.6 Å². The van der Waals surface area contributed by atoms with Crippen molar-refractivity contribution in [2.45, 2.75) is 24.9 Å². The molecule has 1 saturated heterocycles. The van der Waals surface area contributed by atoms with Crippen LogP contribution < -0.4 is 19.5 Å². The van der Waals surface area contributed by atoms with Crippen LogP contribution in [0.1, 0.15) is 6.42 Å². The Morgan fingerprint density at radius 2 is 2.37 bits per heavy atom. The van der Waals surface area contributed by atoms with E-state index in [0.717, 1.165) is 0 Å². The molecule has 0 radical (unpaired) electrons. The Morgan fingerprint density at radius 1 is 1.58 bits per heavy atom. The summed E-state index contributed by atoms with van der Waals surface area (Å²) in [7, 11) is 0. The molecule has 1 unspecified atom stereocenters. The summed E-state index contributed by atoms with van der Waals surface area (Å²) >= 11 is 2.02. The van der Waals surface area contributed by atoms with Crippen molar-refractivity contribution in [2.24, 2.45) is 0 Å². The second-order valence-electron chi connectivity index (χ2n) is 4.30. The monoisotopic (exact) mass is 380 g/mol. The van der Waals surface area contributed by atoms with Crippen LogP contribution in [0.25, 0.3) is 0 Å². The number of hydrogen-bond acceptors (Lipinski definition) is 9. The molecule has 19 heavy (non-hydrogen) atoms. The Hall–Kier alpha value is -0.950. The van der Waals surface area contributed by atoms with Crippen LogP contribution in [-0.4, -0.2) is 45.2 Å². The summed E-state index contributed by atoms with van der Waals surface area (Å²) in [6.45, 7) is -0.224. The van der Waals surface area contributed by atoms with Gasteiger partial charge in [0, 0.05) is 6.42 Å². The molecule has 0 saturated carbocycles. The maximum absolute atomic E-state index is 9.78. The molecule has 2 aliphatic heterocycles. The molecule has 104 valence electrons. The van der Waals surface area contributed by atoms with Gasteiger partial charge in [-0.3, -0.25) is 0 Å². The topological polar surface area (TPSA) is 120 Å². The number of aromatic nitrogens is 2. The van der Waals surface area contributed by atoms with Crippen LogP contribution in [0.15, 0.2) is 6.33 Å². The molecule has 9 nitrogen and oxygen atoms in total. The smallest absolute Gasteiger partial charge is 0.178 e. The molecule has 1 fully saturated rings. The van der Waals surface area contributed by atoms with E-state index in [1.807, 2.05) is 22.9 Å². The Kier molecular flexibility index (Phi) is 3.34. The first-order valence-electron chi connectivity index (χ1n) is 5.68. The second kappa shape index (κ2) is 4.86. The summed E-state index contributed by atoms with van der Waals surface area (Å²) in [6, 6.07) is 0. The first-order valence-corrected chi connectivity index (χ1v) is 6.64. The number of nitrogen functional groups attached to an aromatic ring is 1. The summed E-state index contributed by atoms with van der Waals surface area (Å²) in [5.41, 5.74) is 9.48. The molecule has 0 bridgehead atoms. The van der Waals surface area contributed by atoms with Crippen molar-refractivity contribution in [3.05, 3.63) is 6.33 Å². The zero-order valence-corrected chi connectivity index (χ0v) is 11.9. The highest BCUT2D eigenvalue weighted by Crippen LogP contribution is 2.39. The number of nitrogens with two attached hydrogens (primary N) is 1. The minimum absolute atomic E-state index is 0.224. The highest BCUT2D eigenvalue weighted by atomic mass is 127. The first-order chi connectivity index (χ1) is 9.11. The van der Waals surface area contributed by atoms with Gasteiger partial charge >= 0.3 is 0 Å². The van der Waals surface area contributed by atoms with E-state index in [0.29, 0.717) is 23.7 Å². The molecular weight excluding hydrogens is 367 g/mol. The number of aliphatic hydroxyl groups excluding tert-OH is 2. The highest BCUT2D eigenvalue weighted by Gasteiger charge is 2.42. The van der Waals surface area contributed by atoms with E-state index in [2.05, 4.69) is 15.5 Å². The number of aliphatic hydroxyl groups is 2. The average Bonchev–Trinajstić information content (AvgIpc) is 2.91. The minimum Gasteiger partial charge on any atom is -0.394 e. The molecule has 2 aliphatic rings. The predicted molar refractivity (Wildman–Crippen MR) is 74.9 cm³/mol. The largest absolute Gasteiger partial charge is 0.394 e. The molecule has 3 rings (SSSR count). The van der Waals surface area contributed by atoms with E-state index < -0.39 is 18.4 Å². The van der Waals surface area contributed by atoms with Gasteiger partial charge in [-0.1, -0.05) is 0 Å². The maximum atomic E-state index is 9.78. The van der Waals surface area contributed by atoms with E-state index in [9.17, 15) is 5.11 Å². The van der Waals surface area contributed by atoms with Gasteiger partial charge in [0.2, 0.25) is 0 Å². The number of fused-ring (bicyclic) bond motifs is 1. The Morgan fingerprint density at radius 3 is 3.05 bits per heavy atom. The molecule has 1 aromatic rings. The molecule has 0 amide bonds. The zero-order chi connectivity index (χ0) is 13.6. The molecule has 5 N–H and O–H groups in total. The number of nitrogens with one attached hydrogen (secondary N) is 1. The third kappa shape index (κ3) is 2.08. The quantitative estimate of drug-likeness (QED) is 0.375. The fraction of sp³-hybridized carbons (Fsp3) is 0.556. The van der Waals surface area contributed by atoms with Crippen molar-refractivity contribution in [3.63, 3.8) is 0 Å². The van der Waals surface area contributed by atoms with Gasteiger partial charge in [0.05, 0.1) is 35.6 Å². The number of hydrazine groups is 2. The van der Waals surface area contributed by atoms with Gasteiger partial charge in [0.15, 0.2) is 23.6 Å². The Bertz CT molecular complexity index is 491. The fourth-order valence-corrected chi connectivity index (χ4v) is 2.87. The van der Waals surface area contributed by atoms with Crippen LogP contribution in [0.2, 0.25) is 0 Å². The van der Waals surface area contributed by atoms with Crippen molar-refractivity contribution in [1.82, 2.24) is 15.5 Å². The third-order valence-electron chi connectivity index (χ3n) is 3.12. The zero-order valence-electron chi connectivity index (χ0n) is 9.77. The number of ether oxygens (including phenoxy) is 1. The van der Waals surface area contributed by atoms with E-state index in [-0.39, 0.29) is 6.61 Å². The lowest BCUT2D eigenvalue weighted by Gasteiger charge is -2.24. The normalized spacial score (nSPS) is 29.9. The molecular formula is C9H13IN6O3. The van der Waals surface area contributed by atoms with E-state index in [1.165, 1.54) is 6.33 Å². The SMILES string of the molecule is Nc1ncnc2c1N(I)NN2[C@H]1CC(O)[C@@H](CO)O1. The van der Waals surface area contributed by atoms with Crippen LogP contribution in [0.5, 0.6) is 0 Å². The highest BCUT2D eigenvalue weighted by molar-refractivity contribution is 14.1. The van der Waals surface area contributed by atoms with Gasteiger partial charge in [-0.25, -0.2) is 18.2 Å². The number of nitrogens with zero attached hydrogens (tertiary/aromatic N) is 4. The maximum Gasteiger partial charge on any atom is 0.178 e. The third-order valence-corrected chi connectivity index (χ3v) is 3.82. The van der Waals surface area contributed by atoms with Crippen molar-refractivity contribution < 1.29 is 14.9 Å². The first kappa shape index (κ1) is 13.1. The second-order valence-corrected chi connectivity index (χ2v) is 5.26. The summed E-state index contributed by atoms with van der Waals surface area (Å²) < 4.78 is 7.24. The molecule has 3 atom stereocenters. The standard InChI is InChI=1S/C9H13IN6O3/c10-16-7-8(11)12-3-13-9(7)15(14-16)6-1-4(18)5(2-17)19-6/h3-6,14,17-18H,1-2H2,(H2,11,12,13)/t4?,5-,6-/m1/s1. The van der Waals surface area contributed by atoms with Gasteiger partial charge in [-0.2, -0.15) is 0 Å². The summed E-state index contributed by atoms with van der Waals surface area (Å²) in [4.78, 5) is 8.11.